The van der Waals surface area contributed by atoms with Gasteiger partial charge in [0.25, 0.3) is 0 Å². The van der Waals surface area contributed by atoms with Crippen LogP contribution in [-0.2, 0) is 6.42 Å². The first-order valence-electron chi connectivity index (χ1n) is 7.44. The van der Waals surface area contributed by atoms with E-state index in [1.807, 2.05) is 0 Å². The highest BCUT2D eigenvalue weighted by atomic mass is 35.5. The first-order valence-corrected chi connectivity index (χ1v) is 7.81. The van der Waals surface area contributed by atoms with Crippen LogP contribution in [0.15, 0.2) is 18.2 Å². The molecule has 1 saturated carbocycles. The molecule has 0 aliphatic heterocycles. The van der Waals surface area contributed by atoms with Gasteiger partial charge in [0, 0.05) is 5.02 Å². The standard InChI is InChI=1S/C17H21ClFN/c1-2-3-13-6-8-17(12-20,9-7-13)11-14-10-15(18)4-5-16(14)19/h4-5,10,13H,2-3,6-9,11H2,1H3. The predicted octanol–water partition coefficient (Wildman–Crippen LogP) is 5.52. The van der Waals surface area contributed by atoms with E-state index in [2.05, 4.69) is 13.0 Å². The highest BCUT2D eigenvalue weighted by Gasteiger charge is 2.36. The summed E-state index contributed by atoms with van der Waals surface area (Å²) in [4.78, 5) is 0. The van der Waals surface area contributed by atoms with Crippen molar-refractivity contribution in [2.45, 2.75) is 51.9 Å². The molecular weight excluding hydrogens is 273 g/mol. The zero-order chi connectivity index (χ0) is 14.6. The molecule has 0 heterocycles. The van der Waals surface area contributed by atoms with E-state index >= 15 is 0 Å². The van der Waals surface area contributed by atoms with Crippen LogP contribution in [0.5, 0.6) is 0 Å². The summed E-state index contributed by atoms with van der Waals surface area (Å²) in [5.41, 5.74) is 0.170. The number of halogens is 2. The molecule has 3 heteroatoms. The van der Waals surface area contributed by atoms with Crippen molar-refractivity contribution in [1.29, 1.82) is 5.26 Å². The van der Waals surface area contributed by atoms with E-state index < -0.39 is 5.41 Å². The van der Waals surface area contributed by atoms with Crippen LogP contribution in [0.4, 0.5) is 4.39 Å². The molecular formula is C17H21ClFN. The van der Waals surface area contributed by atoms with Gasteiger partial charge in [0.15, 0.2) is 0 Å². The lowest BCUT2D eigenvalue weighted by Gasteiger charge is -2.35. The summed E-state index contributed by atoms with van der Waals surface area (Å²) in [6, 6.07) is 7.07. The van der Waals surface area contributed by atoms with Crippen LogP contribution in [0, 0.1) is 28.5 Å². The van der Waals surface area contributed by atoms with Gasteiger partial charge in [-0.2, -0.15) is 5.26 Å². The summed E-state index contributed by atoms with van der Waals surface area (Å²) in [6.07, 6.45) is 6.85. The van der Waals surface area contributed by atoms with Gasteiger partial charge < -0.3 is 0 Å². The molecule has 0 aromatic heterocycles. The lowest BCUT2D eigenvalue weighted by molar-refractivity contribution is 0.199. The second-order valence-electron chi connectivity index (χ2n) is 6.04. The van der Waals surface area contributed by atoms with Gasteiger partial charge in [-0.1, -0.05) is 31.4 Å². The summed E-state index contributed by atoms with van der Waals surface area (Å²) < 4.78 is 13.9. The van der Waals surface area contributed by atoms with Crippen LogP contribution in [-0.4, -0.2) is 0 Å². The quantitative estimate of drug-likeness (QED) is 0.717. The van der Waals surface area contributed by atoms with Crippen molar-refractivity contribution in [1.82, 2.24) is 0 Å². The second-order valence-corrected chi connectivity index (χ2v) is 6.47. The Morgan fingerprint density at radius 1 is 1.40 bits per heavy atom. The van der Waals surface area contributed by atoms with E-state index in [0.717, 1.165) is 31.6 Å². The lowest BCUT2D eigenvalue weighted by atomic mass is 9.67. The number of benzene rings is 1. The molecule has 20 heavy (non-hydrogen) atoms. The number of hydrogen-bond acceptors (Lipinski definition) is 1. The third-order valence-corrected chi connectivity index (χ3v) is 4.77. The fourth-order valence-electron chi connectivity index (χ4n) is 3.30. The van der Waals surface area contributed by atoms with Crippen LogP contribution >= 0.6 is 11.6 Å². The molecule has 0 amide bonds. The first-order chi connectivity index (χ1) is 9.58. The fraction of sp³-hybridized carbons (Fsp3) is 0.588. The van der Waals surface area contributed by atoms with Gasteiger partial charge in [0.1, 0.15) is 5.82 Å². The van der Waals surface area contributed by atoms with E-state index in [4.69, 9.17) is 11.6 Å². The molecule has 0 bridgehead atoms. The van der Waals surface area contributed by atoms with Gasteiger partial charge in [-0.05, 0) is 61.8 Å². The maximum absolute atomic E-state index is 13.9. The Bertz CT molecular complexity index is 498. The molecule has 0 atom stereocenters. The molecule has 2 rings (SSSR count). The van der Waals surface area contributed by atoms with Gasteiger partial charge in [-0.3, -0.25) is 0 Å². The Morgan fingerprint density at radius 2 is 2.10 bits per heavy atom. The van der Waals surface area contributed by atoms with Crippen LogP contribution in [0.2, 0.25) is 5.02 Å². The minimum Gasteiger partial charge on any atom is -0.207 e. The van der Waals surface area contributed by atoms with Crippen molar-refractivity contribution in [2.24, 2.45) is 11.3 Å². The molecule has 1 aromatic carbocycles. The molecule has 0 saturated heterocycles. The third-order valence-electron chi connectivity index (χ3n) is 4.53. The molecule has 1 aliphatic rings. The molecule has 0 unspecified atom stereocenters. The average molecular weight is 294 g/mol. The lowest BCUT2D eigenvalue weighted by Crippen LogP contribution is -2.28. The highest BCUT2D eigenvalue weighted by molar-refractivity contribution is 6.30. The molecule has 1 aliphatic carbocycles. The zero-order valence-electron chi connectivity index (χ0n) is 12.0. The van der Waals surface area contributed by atoms with Crippen molar-refractivity contribution < 1.29 is 4.39 Å². The smallest absolute Gasteiger partial charge is 0.126 e. The number of nitrogens with zero attached hydrogens (tertiary/aromatic N) is 1. The topological polar surface area (TPSA) is 23.8 Å². The van der Waals surface area contributed by atoms with Crippen LogP contribution in [0.25, 0.3) is 0 Å². The van der Waals surface area contributed by atoms with Crippen LogP contribution < -0.4 is 0 Å². The van der Waals surface area contributed by atoms with Gasteiger partial charge in [0.05, 0.1) is 11.5 Å². The largest absolute Gasteiger partial charge is 0.207 e. The number of nitriles is 1. The Labute approximate surface area is 125 Å². The Kier molecular flexibility index (Phi) is 5.05. The molecule has 108 valence electrons. The van der Waals surface area contributed by atoms with E-state index in [1.165, 1.54) is 18.9 Å². The average Bonchev–Trinajstić information content (AvgIpc) is 2.45. The predicted molar refractivity (Wildman–Crippen MR) is 80.0 cm³/mol. The second kappa shape index (κ2) is 6.59. The Hall–Kier alpha value is -1.07. The van der Waals surface area contributed by atoms with E-state index in [1.54, 1.807) is 12.1 Å². The number of hydrogen-bond donors (Lipinski definition) is 0. The molecule has 1 fully saturated rings. The summed E-state index contributed by atoms with van der Waals surface area (Å²) in [5, 5.41) is 10.1. The summed E-state index contributed by atoms with van der Waals surface area (Å²) in [6.45, 7) is 2.20. The van der Waals surface area contributed by atoms with E-state index in [-0.39, 0.29) is 5.82 Å². The first kappa shape index (κ1) is 15.3. The van der Waals surface area contributed by atoms with Crippen LogP contribution in [0.1, 0.15) is 51.0 Å². The van der Waals surface area contributed by atoms with E-state index in [9.17, 15) is 9.65 Å². The van der Waals surface area contributed by atoms with Crippen LogP contribution in [0.3, 0.4) is 0 Å². The van der Waals surface area contributed by atoms with E-state index in [0.29, 0.717) is 17.0 Å². The highest BCUT2D eigenvalue weighted by Crippen LogP contribution is 2.42. The molecule has 1 aromatic rings. The van der Waals surface area contributed by atoms with Crippen molar-refractivity contribution in [3.05, 3.63) is 34.6 Å². The molecule has 0 radical (unpaired) electrons. The molecule has 1 nitrogen and oxygen atoms in total. The van der Waals surface area contributed by atoms with Crippen molar-refractivity contribution >= 4 is 11.6 Å². The van der Waals surface area contributed by atoms with Crippen molar-refractivity contribution in [2.75, 3.05) is 0 Å². The Balaban J connectivity index is 2.10. The third kappa shape index (κ3) is 3.52. The Morgan fingerprint density at radius 3 is 2.70 bits per heavy atom. The summed E-state index contributed by atoms with van der Waals surface area (Å²) >= 11 is 5.94. The normalized spacial score (nSPS) is 26.2. The van der Waals surface area contributed by atoms with Gasteiger partial charge >= 0.3 is 0 Å². The fourth-order valence-corrected chi connectivity index (χ4v) is 3.49. The van der Waals surface area contributed by atoms with Gasteiger partial charge in [-0.15, -0.1) is 0 Å². The zero-order valence-corrected chi connectivity index (χ0v) is 12.7. The minimum absolute atomic E-state index is 0.250. The molecule has 0 N–H and O–H groups in total. The minimum atomic E-state index is -0.407. The summed E-state index contributed by atoms with van der Waals surface area (Å²) in [5.74, 6) is 0.491. The van der Waals surface area contributed by atoms with Crippen molar-refractivity contribution in [3.8, 4) is 6.07 Å². The summed E-state index contributed by atoms with van der Waals surface area (Å²) in [7, 11) is 0. The number of rotatable bonds is 4. The molecule has 0 spiro atoms. The maximum atomic E-state index is 13.9. The van der Waals surface area contributed by atoms with Crippen molar-refractivity contribution in [3.63, 3.8) is 0 Å². The SMILES string of the molecule is CCCC1CCC(C#N)(Cc2cc(Cl)ccc2F)CC1. The monoisotopic (exact) mass is 293 g/mol. The van der Waals surface area contributed by atoms with Gasteiger partial charge in [-0.25, -0.2) is 4.39 Å². The maximum Gasteiger partial charge on any atom is 0.126 e. The van der Waals surface area contributed by atoms with Gasteiger partial charge in [0.2, 0.25) is 0 Å².